The molecule has 0 aliphatic heterocycles. The molecular weight excluding hydrogens is 634 g/mol. The number of aromatic nitrogens is 1. The minimum absolute atomic E-state index is 0.234. The number of thiazole rings is 1. The van der Waals surface area contributed by atoms with Gasteiger partial charge in [-0.3, -0.25) is 9.59 Å². The first-order valence-electron chi connectivity index (χ1n) is 14.9. The van der Waals surface area contributed by atoms with Gasteiger partial charge in [0.1, 0.15) is 0 Å². The molecule has 0 saturated heterocycles. The van der Waals surface area contributed by atoms with Crippen molar-refractivity contribution in [2.75, 3.05) is 23.8 Å². The molecule has 2 amide bonds. The molecule has 0 bridgehead atoms. The van der Waals surface area contributed by atoms with Crippen LogP contribution in [0.4, 0.5) is 16.5 Å². The summed E-state index contributed by atoms with van der Waals surface area (Å²) >= 11 is 8.02. The molecule has 0 saturated carbocycles. The third-order valence-electron chi connectivity index (χ3n) is 7.10. The van der Waals surface area contributed by atoms with Gasteiger partial charge in [0.2, 0.25) is 0 Å². The Bertz CT molecular complexity index is 1910. The first kappa shape index (κ1) is 33.2. The maximum Gasteiger partial charge on any atom is 0.271 e. The van der Waals surface area contributed by atoms with Gasteiger partial charge in [-0.25, -0.2) is 10.4 Å². The van der Waals surface area contributed by atoms with E-state index in [0.29, 0.717) is 29.2 Å². The predicted octanol–water partition coefficient (Wildman–Crippen LogP) is 8.31. The largest absolute Gasteiger partial charge is 0.490 e. The van der Waals surface area contributed by atoms with Gasteiger partial charge in [0.05, 0.1) is 23.5 Å². The van der Waals surface area contributed by atoms with Crippen LogP contribution in [0.5, 0.6) is 11.5 Å². The number of amides is 2. The molecule has 0 radical (unpaired) electrons. The molecule has 0 aliphatic rings. The zero-order chi connectivity index (χ0) is 33.3. The van der Waals surface area contributed by atoms with Crippen molar-refractivity contribution in [3.05, 3.63) is 117 Å². The van der Waals surface area contributed by atoms with E-state index in [4.69, 9.17) is 21.1 Å². The number of carbonyl (C=O) groups is 2. The monoisotopic (exact) mass is 667 g/mol. The van der Waals surface area contributed by atoms with Gasteiger partial charge < -0.3 is 20.1 Å². The van der Waals surface area contributed by atoms with E-state index < -0.39 is 0 Å². The van der Waals surface area contributed by atoms with Crippen LogP contribution in [0.2, 0.25) is 5.02 Å². The smallest absolute Gasteiger partial charge is 0.271 e. The number of hydrazone groups is 1. The number of rotatable bonds is 12. The van der Waals surface area contributed by atoms with Crippen LogP contribution in [0, 0.1) is 20.8 Å². The molecule has 1 aromatic heterocycles. The molecule has 11 heteroatoms. The number of carbonyl (C=O) groups excluding carboxylic acids is 2. The fraction of sp³-hybridized carbons (Fsp3) is 0.167. The average molecular weight is 668 g/mol. The number of hydrogen-bond donors (Lipinski definition) is 3. The first-order chi connectivity index (χ1) is 22.7. The number of aryl methyl sites for hydroxylation is 3. The zero-order valence-electron chi connectivity index (χ0n) is 26.4. The highest BCUT2D eigenvalue weighted by Crippen LogP contribution is 2.36. The van der Waals surface area contributed by atoms with Crippen molar-refractivity contribution < 1.29 is 19.1 Å². The van der Waals surface area contributed by atoms with Gasteiger partial charge in [0.25, 0.3) is 11.8 Å². The predicted molar refractivity (Wildman–Crippen MR) is 190 cm³/mol. The Hall–Kier alpha value is -5.19. The van der Waals surface area contributed by atoms with E-state index in [9.17, 15) is 9.59 Å². The average Bonchev–Trinajstić information content (AvgIpc) is 3.52. The molecule has 0 unspecified atom stereocenters. The summed E-state index contributed by atoms with van der Waals surface area (Å²) in [6.07, 6.45) is 1.45. The minimum Gasteiger partial charge on any atom is -0.490 e. The number of benzene rings is 4. The van der Waals surface area contributed by atoms with E-state index in [1.54, 1.807) is 24.3 Å². The maximum atomic E-state index is 12.8. The Morgan fingerprint density at radius 2 is 1.66 bits per heavy atom. The van der Waals surface area contributed by atoms with Gasteiger partial charge in [-0.2, -0.15) is 5.10 Å². The molecule has 5 aromatic rings. The van der Waals surface area contributed by atoms with Gasteiger partial charge in [-0.1, -0.05) is 47.5 Å². The Balaban J connectivity index is 1.17. The Kier molecular flexibility index (Phi) is 10.9. The summed E-state index contributed by atoms with van der Waals surface area (Å²) in [7, 11) is 0. The highest BCUT2D eigenvalue weighted by molar-refractivity contribution is 7.14. The minimum atomic E-state index is -0.376. The SMILES string of the molecule is CCOc1cc(/C=N/NC(=O)c2ccc(-c3csc(Nc4ccc(C)cc4)n3)cc2)cc(Cl)c1OCC(=O)Nc1ccc(C)c(C)c1. The molecule has 3 N–H and O–H groups in total. The Morgan fingerprint density at radius 3 is 2.38 bits per heavy atom. The first-order valence-corrected chi connectivity index (χ1v) is 16.1. The zero-order valence-corrected chi connectivity index (χ0v) is 28.0. The van der Waals surface area contributed by atoms with Crippen molar-refractivity contribution in [3.8, 4) is 22.8 Å². The van der Waals surface area contributed by atoms with E-state index in [1.165, 1.54) is 23.1 Å². The highest BCUT2D eigenvalue weighted by Gasteiger charge is 2.15. The molecule has 47 heavy (non-hydrogen) atoms. The second-order valence-corrected chi connectivity index (χ2v) is 12.0. The molecule has 1 heterocycles. The van der Waals surface area contributed by atoms with Crippen molar-refractivity contribution in [3.63, 3.8) is 0 Å². The molecule has 0 aliphatic carbocycles. The molecular formula is C36H34ClN5O4S. The number of ether oxygens (including phenoxy) is 2. The van der Waals surface area contributed by atoms with Gasteiger partial charge in [0.15, 0.2) is 23.2 Å². The van der Waals surface area contributed by atoms with Gasteiger partial charge in [-0.15, -0.1) is 11.3 Å². The fourth-order valence-electron chi connectivity index (χ4n) is 4.47. The standard InChI is InChI=1S/C36H34ClN5O4S/c1-5-45-32-18-25(17-30(37)34(32)46-20-33(43)39-29-15-8-23(3)24(4)16-29)19-38-42-35(44)27-11-9-26(10-12-27)31-21-47-36(41-31)40-28-13-6-22(2)7-14-28/h6-19,21H,5,20H2,1-4H3,(H,39,43)(H,40,41)(H,42,44)/b38-19+. The lowest BCUT2D eigenvalue weighted by Gasteiger charge is -2.14. The molecule has 0 fully saturated rings. The van der Waals surface area contributed by atoms with Crippen LogP contribution in [0.3, 0.4) is 0 Å². The van der Waals surface area contributed by atoms with E-state index in [-0.39, 0.29) is 29.2 Å². The van der Waals surface area contributed by atoms with Crippen LogP contribution < -0.4 is 25.5 Å². The van der Waals surface area contributed by atoms with E-state index in [0.717, 1.165) is 33.2 Å². The quantitative estimate of drug-likeness (QED) is 0.0911. The number of nitrogens with one attached hydrogen (secondary N) is 3. The van der Waals surface area contributed by atoms with Crippen LogP contribution in [-0.2, 0) is 4.79 Å². The second kappa shape index (κ2) is 15.4. The lowest BCUT2D eigenvalue weighted by atomic mass is 10.1. The third kappa shape index (κ3) is 8.96. The summed E-state index contributed by atoms with van der Waals surface area (Å²) < 4.78 is 11.5. The van der Waals surface area contributed by atoms with E-state index in [2.05, 4.69) is 26.1 Å². The van der Waals surface area contributed by atoms with E-state index in [1.807, 2.05) is 87.7 Å². The van der Waals surface area contributed by atoms with Crippen LogP contribution in [-0.4, -0.2) is 36.2 Å². The topological polar surface area (TPSA) is 114 Å². The van der Waals surface area contributed by atoms with Crippen molar-refractivity contribution in [1.29, 1.82) is 0 Å². The van der Waals surface area contributed by atoms with Gasteiger partial charge in [-0.05, 0) is 92.9 Å². The number of hydrogen-bond acceptors (Lipinski definition) is 8. The van der Waals surface area contributed by atoms with Gasteiger partial charge in [0, 0.05) is 27.9 Å². The lowest BCUT2D eigenvalue weighted by Crippen LogP contribution is -2.20. The summed E-state index contributed by atoms with van der Waals surface area (Å²) in [5.74, 6) is -0.122. The van der Waals surface area contributed by atoms with E-state index >= 15 is 0 Å². The van der Waals surface area contributed by atoms with Crippen LogP contribution in [0.15, 0.2) is 89.3 Å². The van der Waals surface area contributed by atoms with Crippen molar-refractivity contribution in [2.24, 2.45) is 5.10 Å². The van der Waals surface area contributed by atoms with Crippen molar-refractivity contribution in [2.45, 2.75) is 27.7 Å². The van der Waals surface area contributed by atoms with Gasteiger partial charge >= 0.3 is 0 Å². The van der Waals surface area contributed by atoms with Crippen molar-refractivity contribution >= 4 is 57.5 Å². The highest BCUT2D eigenvalue weighted by atomic mass is 35.5. The number of anilines is 3. The Morgan fingerprint density at radius 1 is 0.915 bits per heavy atom. The molecule has 9 nitrogen and oxygen atoms in total. The second-order valence-electron chi connectivity index (χ2n) is 10.7. The number of halogens is 1. The maximum absolute atomic E-state index is 12.8. The molecule has 240 valence electrons. The summed E-state index contributed by atoms with van der Waals surface area (Å²) in [5, 5.41) is 13.2. The van der Waals surface area contributed by atoms with Crippen molar-refractivity contribution in [1.82, 2.24) is 10.4 Å². The fourth-order valence-corrected chi connectivity index (χ4v) is 5.48. The number of nitrogens with zero attached hydrogens (tertiary/aromatic N) is 2. The summed E-state index contributed by atoms with van der Waals surface area (Å²) in [4.78, 5) is 30.0. The normalized spacial score (nSPS) is 10.9. The molecule has 0 atom stereocenters. The third-order valence-corrected chi connectivity index (χ3v) is 8.14. The summed E-state index contributed by atoms with van der Waals surface area (Å²) in [6, 6.07) is 24.2. The molecule has 0 spiro atoms. The summed E-state index contributed by atoms with van der Waals surface area (Å²) in [6.45, 7) is 7.95. The van der Waals surface area contributed by atoms with Crippen LogP contribution in [0.1, 0.15) is 39.5 Å². The summed E-state index contributed by atoms with van der Waals surface area (Å²) in [5.41, 5.74) is 10.3. The Labute approximate surface area is 282 Å². The molecule has 4 aromatic carbocycles. The van der Waals surface area contributed by atoms with Crippen LogP contribution in [0.25, 0.3) is 11.3 Å². The van der Waals surface area contributed by atoms with Crippen LogP contribution >= 0.6 is 22.9 Å². The molecule has 5 rings (SSSR count). The lowest BCUT2D eigenvalue weighted by molar-refractivity contribution is -0.118.